The van der Waals surface area contributed by atoms with Gasteiger partial charge in [0.1, 0.15) is 0 Å². The lowest BCUT2D eigenvalue weighted by molar-refractivity contribution is -0.117. The van der Waals surface area contributed by atoms with Crippen LogP contribution in [0.4, 0.5) is 5.13 Å². The van der Waals surface area contributed by atoms with Crippen LogP contribution in [0.15, 0.2) is 29.6 Å². The lowest BCUT2D eigenvalue weighted by atomic mass is 10.1. The van der Waals surface area contributed by atoms with Gasteiger partial charge in [0, 0.05) is 16.9 Å². The molecule has 1 aromatic heterocycles. The number of nitrogens with one attached hydrogen (secondary N) is 1. The number of benzene rings is 1. The van der Waals surface area contributed by atoms with E-state index >= 15 is 0 Å². The number of nitrogens with zero attached hydrogens (tertiary/aromatic N) is 1. The van der Waals surface area contributed by atoms with Crippen molar-refractivity contribution >= 4 is 22.4 Å². The first-order valence-electron chi connectivity index (χ1n) is 6.47. The topological polar surface area (TPSA) is 42.0 Å². The Labute approximate surface area is 116 Å². The van der Waals surface area contributed by atoms with Crippen LogP contribution < -0.4 is 5.32 Å². The van der Waals surface area contributed by atoms with Crippen LogP contribution in [0.2, 0.25) is 0 Å². The summed E-state index contributed by atoms with van der Waals surface area (Å²) in [5.41, 5.74) is 3.24. The second kappa shape index (κ2) is 4.78. The number of aryl methyl sites for hydroxylation is 1. The minimum Gasteiger partial charge on any atom is -0.302 e. The average Bonchev–Trinajstić information content (AvgIpc) is 2.95. The molecule has 2 unspecified atom stereocenters. The predicted molar refractivity (Wildman–Crippen MR) is 78.2 cm³/mol. The number of thiazole rings is 1. The molecule has 2 atom stereocenters. The molecule has 1 heterocycles. The van der Waals surface area contributed by atoms with Crippen LogP contribution in [0.3, 0.4) is 0 Å². The third-order valence-electron chi connectivity index (χ3n) is 3.53. The molecule has 1 fully saturated rings. The fraction of sp³-hybridized carbons (Fsp3) is 0.333. The molecule has 2 aromatic rings. The number of aromatic nitrogens is 1. The standard InChI is InChI=1S/C15H16N2OS/c1-9-3-5-11(6-4-9)13-8-19-15(16-13)17-14(18)12-7-10(12)2/h3-6,8,10,12H,7H2,1-2H3,(H,16,17,18). The van der Waals surface area contributed by atoms with Crippen LogP contribution in [0.25, 0.3) is 11.3 Å². The van der Waals surface area contributed by atoms with E-state index < -0.39 is 0 Å². The summed E-state index contributed by atoms with van der Waals surface area (Å²) in [6, 6.07) is 8.25. The van der Waals surface area contributed by atoms with Gasteiger partial charge in [0.25, 0.3) is 0 Å². The second-order valence-corrected chi connectivity index (χ2v) is 6.07. The van der Waals surface area contributed by atoms with E-state index in [9.17, 15) is 4.79 Å². The van der Waals surface area contributed by atoms with E-state index in [2.05, 4.69) is 48.4 Å². The van der Waals surface area contributed by atoms with Gasteiger partial charge in [0.15, 0.2) is 5.13 Å². The first kappa shape index (κ1) is 12.4. The molecule has 1 aliphatic rings. The molecule has 0 saturated heterocycles. The smallest absolute Gasteiger partial charge is 0.229 e. The Morgan fingerprint density at radius 3 is 2.68 bits per heavy atom. The van der Waals surface area contributed by atoms with E-state index in [0.717, 1.165) is 17.7 Å². The van der Waals surface area contributed by atoms with Crippen molar-refractivity contribution in [1.82, 2.24) is 4.98 Å². The number of amides is 1. The van der Waals surface area contributed by atoms with E-state index in [0.29, 0.717) is 11.0 Å². The molecule has 19 heavy (non-hydrogen) atoms. The van der Waals surface area contributed by atoms with Gasteiger partial charge in [-0.15, -0.1) is 11.3 Å². The molecule has 1 N–H and O–H groups in total. The van der Waals surface area contributed by atoms with Crippen LogP contribution in [-0.4, -0.2) is 10.9 Å². The van der Waals surface area contributed by atoms with Crippen molar-refractivity contribution in [1.29, 1.82) is 0 Å². The summed E-state index contributed by atoms with van der Waals surface area (Å²) in [4.78, 5) is 16.3. The van der Waals surface area contributed by atoms with Crippen molar-refractivity contribution in [2.45, 2.75) is 20.3 Å². The zero-order valence-electron chi connectivity index (χ0n) is 11.0. The summed E-state index contributed by atoms with van der Waals surface area (Å²) in [7, 11) is 0. The first-order valence-corrected chi connectivity index (χ1v) is 7.35. The monoisotopic (exact) mass is 272 g/mol. The highest BCUT2D eigenvalue weighted by molar-refractivity contribution is 7.14. The molecule has 1 aliphatic carbocycles. The summed E-state index contributed by atoms with van der Waals surface area (Å²) in [6.07, 6.45) is 1.00. The third-order valence-corrected chi connectivity index (χ3v) is 4.29. The van der Waals surface area contributed by atoms with E-state index in [1.807, 2.05) is 5.38 Å². The van der Waals surface area contributed by atoms with Crippen molar-refractivity contribution in [3.63, 3.8) is 0 Å². The molecule has 1 aromatic carbocycles. The summed E-state index contributed by atoms with van der Waals surface area (Å²) < 4.78 is 0. The van der Waals surface area contributed by atoms with Gasteiger partial charge in [-0.3, -0.25) is 4.79 Å². The molecule has 0 aliphatic heterocycles. The molecule has 1 amide bonds. The molecule has 0 radical (unpaired) electrons. The Hall–Kier alpha value is -1.68. The number of rotatable bonds is 3. The molecule has 3 rings (SSSR count). The van der Waals surface area contributed by atoms with Crippen molar-refractivity contribution in [2.24, 2.45) is 11.8 Å². The van der Waals surface area contributed by atoms with Gasteiger partial charge in [-0.1, -0.05) is 36.8 Å². The van der Waals surface area contributed by atoms with Crippen molar-refractivity contribution in [2.75, 3.05) is 5.32 Å². The van der Waals surface area contributed by atoms with E-state index in [4.69, 9.17) is 0 Å². The van der Waals surface area contributed by atoms with E-state index in [1.54, 1.807) is 0 Å². The lowest BCUT2D eigenvalue weighted by Gasteiger charge is -1.99. The quantitative estimate of drug-likeness (QED) is 0.925. The van der Waals surface area contributed by atoms with Crippen LogP contribution in [0.1, 0.15) is 18.9 Å². The Morgan fingerprint density at radius 2 is 2.05 bits per heavy atom. The number of carbonyl (C=O) groups is 1. The second-order valence-electron chi connectivity index (χ2n) is 5.21. The lowest BCUT2D eigenvalue weighted by Crippen LogP contribution is -2.14. The maximum Gasteiger partial charge on any atom is 0.229 e. The molecule has 3 nitrogen and oxygen atoms in total. The predicted octanol–water partition coefficient (Wildman–Crippen LogP) is 3.71. The fourth-order valence-electron chi connectivity index (χ4n) is 2.07. The van der Waals surface area contributed by atoms with Gasteiger partial charge >= 0.3 is 0 Å². The number of carbonyl (C=O) groups excluding carboxylic acids is 1. The molecular weight excluding hydrogens is 256 g/mol. The van der Waals surface area contributed by atoms with Gasteiger partial charge in [0.2, 0.25) is 5.91 Å². The Morgan fingerprint density at radius 1 is 1.37 bits per heavy atom. The van der Waals surface area contributed by atoms with Crippen molar-refractivity contribution in [3.05, 3.63) is 35.2 Å². The van der Waals surface area contributed by atoms with Gasteiger partial charge in [-0.2, -0.15) is 0 Å². The summed E-state index contributed by atoms with van der Waals surface area (Å²) in [5, 5.41) is 5.58. The van der Waals surface area contributed by atoms with Crippen LogP contribution in [0, 0.1) is 18.8 Å². The highest BCUT2D eigenvalue weighted by Crippen LogP contribution is 2.38. The number of hydrogen-bond donors (Lipinski definition) is 1. The Bertz CT molecular complexity index is 603. The zero-order chi connectivity index (χ0) is 13.4. The van der Waals surface area contributed by atoms with Crippen molar-refractivity contribution < 1.29 is 4.79 Å². The largest absolute Gasteiger partial charge is 0.302 e. The van der Waals surface area contributed by atoms with E-state index in [1.165, 1.54) is 16.9 Å². The molecule has 98 valence electrons. The zero-order valence-corrected chi connectivity index (χ0v) is 11.8. The maximum atomic E-state index is 11.8. The van der Waals surface area contributed by atoms with Crippen LogP contribution in [-0.2, 0) is 4.79 Å². The third kappa shape index (κ3) is 2.68. The molecule has 1 saturated carbocycles. The van der Waals surface area contributed by atoms with Crippen LogP contribution >= 0.6 is 11.3 Å². The Kier molecular flexibility index (Phi) is 3.11. The highest BCUT2D eigenvalue weighted by atomic mass is 32.1. The average molecular weight is 272 g/mol. The molecular formula is C15H16N2OS. The summed E-state index contributed by atoms with van der Waals surface area (Å²) in [6.45, 7) is 4.16. The van der Waals surface area contributed by atoms with Gasteiger partial charge in [-0.25, -0.2) is 4.98 Å². The maximum absolute atomic E-state index is 11.8. The highest BCUT2D eigenvalue weighted by Gasteiger charge is 2.39. The summed E-state index contributed by atoms with van der Waals surface area (Å²) in [5.74, 6) is 0.820. The molecule has 4 heteroatoms. The Balaban J connectivity index is 1.72. The van der Waals surface area contributed by atoms with Gasteiger partial charge < -0.3 is 5.32 Å². The van der Waals surface area contributed by atoms with Gasteiger partial charge in [-0.05, 0) is 19.3 Å². The van der Waals surface area contributed by atoms with E-state index in [-0.39, 0.29) is 11.8 Å². The normalized spacial score (nSPS) is 21.2. The molecule has 0 spiro atoms. The summed E-state index contributed by atoms with van der Waals surface area (Å²) >= 11 is 1.48. The number of anilines is 1. The molecule has 0 bridgehead atoms. The first-order chi connectivity index (χ1) is 9.13. The minimum atomic E-state index is 0.109. The van der Waals surface area contributed by atoms with Crippen LogP contribution in [0.5, 0.6) is 0 Å². The minimum absolute atomic E-state index is 0.109. The SMILES string of the molecule is Cc1ccc(-c2csc(NC(=O)C3CC3C)n2)cc1. The van der Waals surface area contributed by atoms with Crippen molar-refractivity contribution in [3.8, 4) is 11.3 Å². The number of hydrogen-bond acceptors (Lipinski definition) is 3. The van der Waals surface area contributed by atoms with Gasteiger partial charge in [0.05, 0.1) is 5.69 Å². The fourth-order valence-corrected chi connectivity index (χ4v) is 2.80.